The lowest BCUT2D eigenvalue weighted by atomic mass is 9.99. The van der Waals surface area contributed by atoms with Gasteiger partial charge < -0.3 is 24.8 Å². The minimum absolute atomic E-state index is 0.00295. The number of hydrogen-bond acceptors (Lipinski definition) is 6. The highest BCUT2D eigenvalue weighted by atomic mass is 35.5. The Kier molecular flexibility index (Phi) is 4.56. The number of hydrogen-bond donors (Lipinski definition) is 4. The van der Waals surface area contributed by atoms with E-state index in [0.717, 1.165) is 11.6 Å². The van der Waals surface area contributed by atoms with Crippen LogP contribution in [-0.4, -0.2) is 20.4 Å². The number of halogens is 1. The van der Waals surface area contributed by atoms with E-state index in [0.29, 0.717) is 22.6 Å². The molecular formula is C22H15ClO6. The van der Waals surface area contributed by atoms with Gasteiger partial charge in [-0.05, 0) is 29.8 Å². The highest BCUT2D eigenvalue weighted by molar-refractivity contribution is 6.30. The van der Waals surface area contributed by atoms with Crippen molar-refractivity contribution in [1.29, 1.82) is 0 Å². The van der Waals surface area contributed by atoms with Crippen LogP contribution >= 0.6 is 11.6 Å². The van der Waals surface area contributed by atoms with E-state index in [4.69, 9.17) is 16.0 Å². The molecule has 7 heteroatoms. The number of phenolic OH excluding ortho intramolecular Hbond substituents is 4. The number of phenols is 4. The smallest absolute Gasteiger partial charge is 0.197 e. The van der Waals surface area contributed by atoms with Crippen LogP contribution in [0.4, 0.5) is 0 Å². The molecule has 0 aliphatic carbocycles. The number of rotatable bonds is 3. The lowest BCUT2D eigenvalue weighted by Crippen LogP contribution is -2.01. The van der Waals surface area contributed by atoms with Crippen LogP contribution in [0.1, 0.15) is 11.1 Å². The zero-order chi connectivity index (χ0) is 20.7. The van der Waals surface area contributed by atoms with Crippen LogP contribution in [0, 0.1) is 0 Å². The van der Waals surface area contributed by atoms with Gasteiger partial charge in [0.25, 0.3) is 0 Å². The molecule has 4 rings (SSSR count). The average molecular weight is 411 g/mol. The molecule has 146 valence electrons. The van der Waals surface area contributed by atoms with Crippen LogP contribution in [0.2, 0.25) is 5.02 Å². The maximum Gasteiger partial charge on any atom is 0.197 e. The predicted molar refractivity (Wildman–Crippen MR) is 109 cm³/mol. The second-order valence-corrected chi connectivity index (χ2v) is 7.06. The molecule has 0 bridgehead atoms. The first-order valence-corrected chi connectivity index (χ1v) is 8.99. The quantitative estimate of drug-likeness (QED) is 0.369. The fourth-order valence-electron chi connectivity index (χ4n) is 3.17. The first kappa shape index (κ1) is 18.7. The van der Waals surface area contributed by atoms with E-state index in [1.807, 2.05) is 0 Å². The molecule has 0 aliphatic heterocycles. The van der Waals surface area contributed by atoms with Crippen LogP contribution in [0.5, 0.6) is 23.0 Å². The molecule has 29 heavy (non-hydrogen) atoms. The van der Waals surface area contributed by atoms with E-state index >= 15 is 0 Å². The first-order chi connectivity index (χ1) is 13.8. The molecule has 0 radical (unpaired) electrons. The van der Waals surface area contributed by atoms with Crippen molar-refractivity contribution in [2.75, 3.05) is 0 Å². The van der Waals surface area contributed by atoms with Gasteiger partial charge in [-0.1, -0.05) is 23.7 Å². The number of fused-ring (bicyclic) bond motifs is 1. The summed E-state index contributed by atoms with van der Waals surface area (Å²) in [6, 6.07) is 13.4. The third kappa shape index (κ3) is 3.58. The van der Waals surface area contributed by atoms with E-state index in [2.05, 4.69) is 0 Å². The molecular weight excluding hydrogens is 396 g/mol. The monoisotopic (exact) mass is 410 g/mol. The molecule has 0 saturated carbocycles. The van der Waals surface area contributed by atoms with Gasteiger partial charge in [-0.2, -0.15) is 0 Å². The summed E-state index contributed by atoms with van der Waals surface area (Å²) in [6.07, 6.45) is 0.309. The summed E-state index contributed by atoms with van der Waals surface area (Å²) >= 11 is 5.89. The molecule has 3 aromatic carbocycles. The van der Waals surface area contributed by atoms with E-state index in [1.165, 1.54) is 18.2 Å². The second-order valence-electron chi connectivity index (χ2n) is 6.62. The van der Waals surface area contributed by atoms with Gasteiger partial charge in [0.15, 0.2) is 16.9 Å². The van der Waals surface area contributed by atoms with Crippen LogP contribution in [0.15, 0.2) is 63.8 Å². The van der Waals surface area contributed by atoms with E-state index < -0.39 is 11.2 Å². The highest BCUT2D eigenvalue weighted by Gasteiger charge is 2.16. The van der Waals surface area contributed by atoms with Crippen molar-refractivity contribution in [3.05, 3.63) is 81.0 Å². The summed E-state index contributed by atoms with van der Waals surface area (Å²) < 4.78 is 5.68. The summed E-state index contributed by atoms with van der Waals surface area (Å²) in [5.41, 5.74) is 1.12. The molecule has 0 saturated heterocycles. The van der Waals surface area contributed by atoms with Crippen molar-refractivity contribution < 1.29 is 24.8 Å². The topological polar surface area (TPSA) is 111 Å². The molecule has 0 amide bonds. The summed E-state index contributed by atoms with van der Waals surface area (Å²) in [4.78, 5) is 12.4. The fourth-order valence-corrected chi connectivity index (χ4v) is 3.30. The van der Waals surface area contributed by atoms with Crippen molar-refractivity contribution in [3.8, 4) is 34.3 Å². The molecule has 1 aromatic heterocycles. The molecule has 0 spiro atoms. The lowest BCUT2D eigenvalue weighted by molar-refractivity contribution is 0.400. The second kappa shape index (κ2) is 7.07. The third-order valence-corrected chi connectivity index (χ3v) is 4.81. The van der Waals surface area contributed by atoms with Crippen molar-refractivity contribution >= 4 is 22.6 Å². The van der Waals surface area contributed by atoms with E-state index in [1.54, 1.807) is 30.3 Å². The zero-order valence-corrected chi connectivity index (χ0v) is 15.6. The van der Waals surface area contributed by atoms with Gasteiger partial charge in [0, 0.05) is 40.8 Å². The Morgan fingerprint density at radius 3 is 2.31 bits per heavy atom. The van der Waals surface area contributed by atoms with E-state index in [-0.39, 0.29) is 34.0 Å². The SMILES string of the molecule is O=c1cc(-c2cc(O)c(O)c(Cc3ccc(Cl)cc3)c2)oc2cc(O)cc(O)c12. The molecule has 0 unspecified atom stereocenters. The minimum Gasteiger partial charge on any atom is -0.508 e. The van der Waals surface area contributed by atoms with Crippen LogP contribution in [0.25, 0.3) is 22.3 Å². The van der Waals surface area contributed by atoms with Gasteiger partial charge in [-0.3, -0.25) is 4.79 Å². The van der Waals surface area contributed by atoms with Crippen molar-refractivity contribution in [1.82, 2.24) is 0 Å². The Bertz CT molecular complexity index is 1290. The normalized spacial score (nSPS) is 11.1. The van der Waals surface area contributed by atoms with Crippen LogP contribution < -0.4 is 5.43 Å². The maximum absolute atomic E-state index is 12.4. The van der Waals surface area contributed by atoms with Gasteiger partial charge in [-0.15, -0.1) is 0 Å². The Hall–Kier alpha value is -3.64. The van der Waals surface area contributed by atoms with Gasteiger partial charge in [0.1, 0.15) is 28.2 Å². The van der Waals surface area contributed by atoms with E-state index in [9.17, 15) is 25.2 Å². The lowest BCUT2D eigenvalue weighted by Gasteiger charge is -2.11. The summed E-state index contributed by atoms with van der Waals surface area (Å²) in [7, 11) is 0. The Labute approximate surface area is 169 Å². The number of aromatic hydroxyl groups is 4. The average Bonchev–Trinajstić information content (AvgIpc) is 2.66. The molecule has 1 heterocycles. The van der Waals surface area contributed by atoms with Crippen LogP contribution in [0.3, 0.4) is 0 Å². The molecule has 0 fully saturated rings. The largest absolute Gasteiger partial charge is 0.508 e. The highest BCUT2D eigenvalue weighted by Crippen LogP contribution is 2.37. The van der Waals surface area contributed by atoms with Gasteiger partial charge >= 0.3 is 0 Å². The molecule has 0 atom stereocenters. The van der Waals surface area contributed by atoms with Gasteiger partial charge in [0.05, 0.1) is 0 Å². The standard InChI is InChI=1S/C22H15ClO6/c23-14-3-1-11(2-4-14)5-13-6-12(7-18(27)22(13)28)19-10-17(26)21-16(25)8-15(24)9-20(21)29-19/h1-4,6-10,24-25,27-28H,5H2. The number of benzene rings is 3. The van der Waals surface area contributed by atoms with Crippen molar-refractivity contribution in [3.63, 3.8) is 0 Å². The van der Waals surface area contributed by atoms with Gasteiger partial charge in [-0.25, -0.2) is 0 Å². The maximum atomic E-state index is 12.4. The zero-order valence-electron chi connectivity index (χ0n) is 14.9. The Morgan fingerprint density at radius 2 is 1.59 bits per heavy atom. The first-order valence-electron chi connectivity index (χ1n) is 8.61. The summed E-state index contributed by atoms with van der Waals surface area (Å²) in [6.45, 7) is 0. The fraction of sp³-hybridized carbons (Fsp3) is 0.0455. The predicted octanol–water partition coefficient (Wildman–Crippen LogP) is 4.53. The Morgan fingerprint density at radius 1 is 0.862 bits per heavy atom. The molecule has 6 nitrogen and oxygen atoms in total. The van der Waals surface area contributed by atoms with Crippen molar-refractivity contribution in [2.45, 2.75) is 6.42 Å². The minimum atomic E-state index is -0.509. The molecule has 4 N–H and O–H groups in total. The third-order valence-electron chi connectivity index (χ3n) is 4.56. The Balaban J connectivity index is 1.84. The van der Waals surface area contributed by atoms with Crippen molar-refractivity contribution in [2.24, 2.45) is 0 Å². The molecule has 4 aromatic rings. The summed E-state index contributed by atoms with van der Waals surface area (Å²) in [5.74, 6) is -1.18. The summed E-state index contributed by atoms with van der Waals surface area (Å²) in [5, 5.41) is 40.5. The van der Waals surface area contributed by atoms with Crippen LogP contribution in [-0.2, 0) is 6.42 Å². The molecule has 0 aliphatic rings. The van der Waals surface area contributed by atoms with Gasteiger partial charge in [0.2, 0.25) is 0 Å².